The van der Waals surface area contributed by atoms with E-state index in [2.05, 4.69) is 46.8 Å². The second kappa shape index (κ2) is 8.71. The van der Waals surface area contributed by atoms with Gasteiger partial charge < -0.3 is 9.73 Å². The monoisotopic (exact) mass is 421 g/mol. The number of fused-ring (bicyclic) bond motifs is 1. The molecular weight excluding hydrogens is 398 g/mol. The van der Waals surface area contributed by atoms with Crippen molar-refractivity contribution in [2.75, 3.05) is 5.75 Å². The van der Waals surface area contributed by atoms with Gasteiger partial charge in [-0.05, 0) is 53.1 Å². The number of furan rings is 1. The molecule has 30 heavy (non-hydrogen) atoms. The summed E-state index contributed by atoms with van der Waals surface area (Å²) in [5, 5.41) is 16.4. The molecular formula is C22H23N5O2S. The number of para-hydroxylation sites is 1. The number of hydrogen-bond acceptors (Lipinski definition) is 6. The SMILES string of the molecule is CC(C)c1ccc(-n2nnnc2SCC(=O)N[C@H](C)c2cc3ccccc3o2)cc1. The number of thioether (sulfide) groups is 1. The molecule has 0 aliphatic carbocycles. The first-order valence-corrected chi connectivity index (χ1v) is 10.8. The zero-order valence-electron chi connectivity index (χ0n) is 17.1. The first kappa shape index (κ1) is 20.2. The van der Waals surface area contributed by atoms with E-state index in [1.165, 1.54) is 17.3 Å². The summed E-state index contributed by atoms with van der Waals surface area (Å²) >= 11 is 1.29. The van der Waals surface area contributed by atoms with Crippen LogP contribution in [0.3, 0.4) is 0 Å². The van der Waals surface area contributed by atoms with E-state index in [1.54, 1.807) is 4.68 Å². The summed E-state index contributed by atoms with van der Waals surface area (Å²) in [5.74, 6) is 1.27. The number of rotatable bonds is 7. The number of carbonyl (C=O) groups is 1. The lowest BCUT2D eigenvalue weighted by Gasteiger charge is -2.11. The number of carbonyl (C=O) groups excluding carboxylic acids is 1. The largest absolute Gasteiger partial charge is 0.459 e. The van der Waals surface area contributed by atoms with Crippen molar-refractivity contribution in [1.29, 1.82) is 0 Å². The highest BCUT2D eigenvalue weighted by atomic mass is 32.2. The predicted molar refractivity (Wildman–Crippen MR) is 117 cm³/mol. The molecule has 0 spiro atoms. The van der Waals surface area contributed by atoms with Crippen molar-refractivity contribution in [3.8, 4) is 5.69 Å². The molecule has 0 aliphatic rings. The van der Waals surface area contributed by atoms with Crippen molar-refractivity contribution in [2.24, 2.45) is 0 Å². The maximum absolute atomic E-state index is 12.5. The molecule has 0 bridgehead atoms. The van der Waals surface area contributed by atoms with E-state index in [1.807, 2.05) is 49.4 Å². The summed E-state index contributed by atoms with van der Waals surface area (Å²) in [6, 6.07) is 17.6. The van der Waals surface area contributed by atoms with Gasteiger partial charge in [0, 0.05) is 5.39 Å². The van der Waals surface area contributed by atoms with Crippen LogP contribution in [0.15, 0.2) is 64.2 Å². The highest BCUT2D eigenvalue weighted by Gasteiger charge is 2.16. The summed E-state index contributed by atoms with van der Waals surface area (Å²) < 4.78 is 7.47. The normalized spacial score (nSPS) is 12.4. The summed E-state index contributed by atoms with van der Waals surface area (Å²) in [5.41, 5.74) is 2.92. The van der Waals surface area contributed by atoms with E-state index in [0.717, 1.165) is 22.4 Å². The van der Waals surface area contributed by atoms with Crippen LogP contribution in [0.1, 0.15) is 44.1 Å². The Morgan fingerprint density at radius 2 is 1.90 bits per heavy atom. The number of hydrogen-bond donors (Lipinski definition) is 1. The first-order valence-electron chi connectivity index (χ1n) is 9.80. The number of aromatic nitrogens is 4. The van der Waals surface area contributed by atoms with E-state index in [9.17, 15) is 4.79 Å². The molecule has 2 aromatic carbocycles. The van der Waals surface area contributed by atoms with Gasteiger partial charge in [-0.3, -0.25) is 4.79 Å². The van der Waals surface area contributed by atoms with E-state index in [-0.39, 0.29) is 17.7 Å². The number of nitrogens with zero attached hydrogens (tertiary/aromatic N) is 4. The maximum atomic E-state index is 12.5. The quantitative estimate of drug-likeness (QED) is 0.442. The minimum Gasteiger partial charge on any atom is -0.459 e. The highest BCUT2D eigenvalue weighted by molar-refractivity contribution is 7.99. The number of benzene rings is 2. The molecule has 7 nitrogen and oxygen atoms in total. The standard InChI is InChI=1S/C22H23N5O2S/c1-14(2)16-8-10-18(11-9-16)27-22(24-25-26-27)30-13-21(28)23-15(3)20-12-17-6-4-5-7-19(17)29-20/h4-12,14-15H,13H2,1-3H3,(H,23,28)/t15-/m1/s1. The van der Waals surface area contributed by atoms with Crippen LogP contribution >= 0.6 is 11.8 Å². The third-order valence-corrected chi connectivity index (χ3v) is 5.75. The fourth-order valence-corrected chi connectivity index (χ4v) is 3.83. The fraction of sp³-hybridized carbons (Fsp3) is 0.273. The Balaban J connectivity index is 1.38. The third-order valence-electron chi connectivity index (χ3n) is 4.83. The Morgan fingerprint density at radius 3 is 2.63 bits per heavy atom. The number of nitrogens with one attached hydrogen (secondary N) is 1. The summed E-state index contributed by atoms with van der Waals surface area (Å²) in [4.78, 5) is 12.5. The molecule has 8 heteroatoms. The lowest BCUT2D eigenvalue weighted by atomic mass is 10.0. The summed E-state index contributed by atoms with van der Waals surface area (Å²) in [6.45, 7) is 6.21. The molecule has 4 aromatic rings. The van der Waals surface area contributed by atoms with Gasteiger partial charge in [0.05, 0.1) is 17.5 Å². The predicted octanol–water partition coefficient (Wildman–Crippen LogP) is 4.50. The minimum atomic E-state index is -0.231. The second-order valence-corrected chi connectivity index (χ2v) is 8.33. The van der Waals surface area contributed by atoms with Crippen molar-refractivity contribution in [2.45, 2.75) is 37.9 Å². The van der Waals surface area contributed by atoms with Crippen LogP contribution in [0.2, 0.25) is 0 Å². The molecule has 0 radical (unpaired) electrons. The van der Waals surface area contributed by atoms with Crippen LogP contribution in [-0.2, 0) is 4.79 Å². The Hall–Kier alpha value is -3.13. The average molecular weight is 422 g/mol. The van der Waals surface area contributed by atoms with Gasteiger partial charge in [-0.2, -0.15) is 4.68 Å². The molecule has 0 fully saturated rings. The van der Waals surface area contributed by atoms with E-state index in [4.69, 9.17) is 4.42 Å². The van der Waals surface area contributed by atoms with E-state index in [0.29, 0.717) is 11.1 Å². The Bertz CT molecular complexity index is 1120. The van der Waals surface area contributed by atoms with Gasteiger partial charge in [0.1, 0.15) is 11.3 Å². The molecule has 2 aromatic heterocycles. The van der Waals surface area contributed by atoms with E-state index < -0.39 is 0 Å². The van der Waals surface area contributed by atoms with Crippen LogP contribution in [0, 0.1) is 0 Å². The molecule has 154 valence electrons. The number of amides is 1. The van der Waals surface area contributed by atoms with Crippen LogP contribution < -0.4 is 5.32 Å². The molecule has 1 atom stereocenters. The van der Waals surface area contributed by atoms with Crippen LogP contribution in [0.5, 0.6) is 0 Å². The third kappa shape index (κ3) is 4.38. The number of tetrazole rings is 1. The Labute approximate surface area is 178 Å². The van der Waals surface area contributed by atoms with Crippen LogP contribution in [-0.4, -0.2) is 31.9 Å². The van der Waals surface area contributed by atoms with Gasteiger partial charge in [0.2, 0.25) is 11.1 Å². The van der Waals surface area contributed by atoms with Crippen molar-refractivity contribution < 1.29 is 9.21 Å². The van der Waals surface area contributed by atoms with Gasteiger partial charge in [-0.1, -0.05) is 55.9 Å². The molecule has 0 saturated heterocycles. The van der Waals surface area contributed by atoms with Crippen molar-refractivity contribution in [3.05, 3.63) is 65.9 Å². The molecule has 1 N–H and O–H groups in total. The maximum Gasteiger partial charge on any atom is 0.231 e. The molecule has 0 saturated carbocycles. The molecule has 0 unspecified atom stereocenters. The zero-order chi connectivity index (χ0) is 21.1. The van der Waals surface area contributed by atoms with Gasteiger partial charge in [0.15, 0.2) is 0 Å². The van der Waals surface area contributed by atoms with Crippen LogP contribution in [0.4, 0.5) is 0 Å². The lowest BCUT2D eigenvalue weighted by Crippen LogP contribution is -2.28. The van der Waals surface area contributed by atoms with Crippen molar-refractivity contribution in [3.63, 3.8) is 0 Å². The minimum absolute atomic E-state index is 0.113. The highest BCUT2D eigenvalue weighted by Crippen LogP contribution is 2.24. The van der Waals surface area contributed by atoms with Crippen molar-refractivity contribution in [1.82, 2.24) is 25.5 Å². The molecule has 1 amide bonds. The van der Waals surface area contributed by atoms with Gasteiger partial charge in [-0.15, -0.1) is 5.10 Å². The van der Waals surface area contributed by atoms with Crippen molar-refractivity contribution >= 4 is 28.6 Å². The van der Waals surface area contributed by atoms with Crippen LogP contribution in [0.25, 0.3) is 16.7 Å². The van der Waals surface area contributed by atoms with E-state index >= 15 is 0 Å². The molecule has 4 rings (SSSR count). The lowest BCUT2D eigenvalue weighted by molar-refractivity contribution is -0.119. The Morgan fingerprint density at radius 1 is 1.13 bits per heavy atom. The second-order valence-electron chi connectivity index (χ2n) is 7.38. The van der Waals surface area contributed by atoms with Gasteiger partial charge in [-0.25, -0.2) is 0 Å². The smallest absolute Gasteiger partial charge is 0.231 e. The fourth-order valence-electron chi connectivity index (χ4n) is 3.13. The first-order chi connectivity index (χ1) is 14.5. The average Bonchev–Trinajstić information content (AvgIpc) is 3.39. The summed E-state index contributed by atoms with van der Waals surface area (Å²) in [7, 11) is 0. The van der Waals surface area contributed by atoms with Gasteiger partial charge >= 0.3 is 0 Å². The van der Waals surface area contributed by atoms with Gasteiger partial charge in [0.25, 0.3) is 0 Å². The Kier molecular flexibility index (Phi) is 5.85. The molecule has 2 heterocycles. The summed E-state index contributed by atoms with van der Waals surface area (Å²) in [6.07, 6.45) is 0. The molecule has 0 aliphatic heterocycles. The topological polar surface area (TPSA) is 85.8 Å². The zero-order valence-corrected chi connectivity index (χ0v) is 17.9.